The van der Waals surface area contributed by atoms with Crippen molar-refractivity contribution in [2.24, 2.45) is 5.92 Å². The fourth-order valence-electron chi connectivity index (χ4n) is 4.94. The average molecular weight is 641 g/mol. The Morgan fingerprint density at radius 3 is 2.48 bits per heavy atom. The van der Waals surface area contributed by atoms with E-state index in [-0.39, 0.29) is 23.3 Å². The van der Waals surface area contributed by atoms with Crippen LogP contribution in [0.1, 0.15) is 16.4 Å². The van der Waals surface area contributed by atoms with Gasteiger partial charge < -0.3 is 15.0 Å². The number of aromatic amines is 1. The lowest BCUT2D eigenvalue weighted by molar-refractivity contribution is -0.122. The number of fused-ring (bicyclic) bond motifs is 2. The van der Waals surface area contributed by atoms with Crippen molar-refractivity contribution in [3.05, 3.63) is 103 Å². The van der Waals surface area contributed by atoms with Crippen LogP contribution in [0.15, 0.2) is 87.1 Å². The van der Waals surface area contributed by atoms with E-state index in [0.717, 1.165) is 15.8 Å². The Kier molecular flexibility index (Phi) is 7.07. The molecule has 2 aliphatic rings. The zero-order chi connectivity index (χ0) is 28.0. The summed E-state index contributed by atoms with van der Waals surface area (Å²) in [5.74, 6) is -2.71. The molecule has 1 fully saturated rings. The van der Waals surface area contributed by atoms with E-state index in [9.17, 15) is 23.6 Å². The molecule has 2 N–H and O–H groups in total. The molecule has 0 radical (unpaired) electrons. The summed E-state index contributed by atoms with van der Waals surface area (Å²) in [5.41, 5.74) is 1.47. The average Bonchev–Trinajstić information content (AvgIpc) is 3.44. The minimum atomic E-state index is -0.794. The first-order chi connectivity index (χ1) is 19.3. The Morgan fingerprint density at radius 1 is 1.00 bits per heavy atom. The van der Waals surface area contributed by atoms with Crippen LogP contribution in [0.25, 0.3) is 0 Å². The van der Waals surface area contributed by atoms with Crippen LogP contribution in [0.3, 0.4) is 0 Å². The number of carbonyl (C=O) groups excluding carboxylic acids is 3. The quantitative estimate of drug-likeness (QED) is 0.283. The second kappa shape index (κ2) is 10.7. The van der Waals surface area contributed by atoms with Gasteiger partial charge in [-0.2, -0.15) is 0 Å². The van der Waals surface area contributed by atoms with E-state index < -0.39 is 28.8 Å². The third-order valence-electron chi connectivity index (χ3n) is 6.65. The number of thioether (sulfide) groups is 1. The molecule has 6 rings (SSSR count). The molecule has 12 heteroatoms. The van der Waals surface area contributed by atoms with Gasteiger partial charge >= 0.3 is 4.87 Å². The van der Waals surface area contributed by atoms with Crippen molar-refractivity contribution in [1.82, 2.24) is 4.98 Å². The SMILES string of the molecule is O=C(COc1ccccc1C1c2sc(=O)[nH]c2SC2C(=O)N(c3ccc(Br)cc3)C(=O)C21)Nc1ccc(F)cc1. The molecule has 3 heterocycles. The first kappa shape index (κ1) is 26.5. The highest BCUT2D eigenvalue weighted by Crippen LogP contribution is 2.54. The summed E-state index contributed by atoms with van der Waals surface area (Å²) < 4.78 is 19.9. The van der Waals surface area contributed by atoms with E-state index in [0.29, 0.717) is 32.6 Å². The fraction of sp³-hybridized carbons (Fsp3) is 0.143. The van der Waals surface area contributed by atoms with E-state index >= 15 is 0 Å². The molecular formula is C28H19BrFN3O5S2. The van der Waals surface area contributed by atoms with E-state index in [1.165, 1.54) is 40.9 Å². The molecule has 3 amide bonds. The van der Waals surface area contributed by atoms with Crippen LogP contribution in [0.4, 0.5) is 15.8 Å². The summed E-state index contributed by atoms with van der Waals surface area (Å²) in [5, 5.41) is 2.44. The standard InChI is InChI=1S/C28H19BrFN3O5S2/c29-14-5-11-17(12-6-14)33-26(35)22-21(23-25(32-28(37)40-23)39-24(22)27(33)36)18-3-1-2-4-19(18)38-13-20(34)31-16-9-7-15(30)8-10-16/h1-12,21-22,24H,13H2,(H,31,34)(H,32,37). The van der Waals surface area contributed by atoms with Crippen LogP contribution < -0.4 is 19.8 Å². The Bertz CT molecular complexity index is 1690. The number of imide groups is 1. The largest absolute Gasteiger partial charge is 0.483 e. The number of benzene rings is 3. The van der Waals surface area contributed by atoms with E-state index in [1.54, 1.807) is 48.5 Å². The number of aromatic nitrogens is 1. The van der Waals surface area contributed by atoms with E-state index in [1.807, 2.05) is 0 Å². The van der Waals surface area contributed by atoms with Gasteiger partial charge in [0.25, 0.3) is 5.91 Å². The number of anilines is 2. The zero-order valence-electron chi connectivity index (χ0n) is 20.4. The Balaban J connectivity index is 1.33. The van der Waals surface area contributed by atoms with Crippen molar-refractivity contribution < 1.29 is 23.5 Å². The number of halogens is 2. The van der Waals surface area contributed by atoms with Gasteiger partial charge in [-0.25, -0.2) is 9.29 Å². The molecule has 3 aromatic carbocycles. The molecule has 0 aliphatic carbocycles. The third kappa shape index (κ3) is 4.87. The second-order valence-corrected chi connectivity index (χ2v) is 12.2. The zero-order valence-corrected chi connectivity index (χ0v) is 23.6. The third-order valence-corrected chi connectivity index (χ3v) is 9.58. The highest BCUT2D eigenvalue weighted by Gasteiger charge is 2.56. The first-order valence-electron chi connectivity index (χ1n) is 12.1. The summed E-state index contributed by atoms with van der Waals surface area (Å²) >= 11 is 5.56. The maximum absolute atomic E-state index is 13.9. The lowest BCUT2D eigenvalue weighted by Gasteiger charge is -2.30. The maximum atomic E-state index is 13.9. The predicted octanol–water partition coefficient (Wildman–Crippen LogP) is 5.15. The van der Waals surface area contributed by atoms with Crippen molar-refractivity contribution in [3.63, 3.8) is 0 Å². The number of carbonyl (C=O) groups is 3. The van der Waals surface area contributed by atoms with Crippen LogP contribution in [0.2, 0.25) is 0 Å². The number of nitrogens with zero attached hydrogens (tertiary/aromatic N) is 1. The summed E-state index contributed by atoms with van der Waals surface area (Å²) in [4.78, 5) is 56.8. The van der Waals surface area contributed by atoms with Gasteiger partial charge in [0.2, 0.25) is 11.8 Å². The summed E-state index contributed by atoms with van der Waals surface area (Å²) in [6.45, 7) is -0.349. The molecule has 8 nitrogen and oxygen atoms in total. The van der Waals surface area contributed by atoms with E-state index in [2.05, 4.69) is 26.2 Å². The van der Waals surface area contributed by atoms with Gasteiger partial charge in [0.15, 0.2) is 6.61 Å². The minimum absolute atomic E-state index is 0.288. The minimum Gasteiger partial charge on any atom is -0.483 e. The van der Waals surface area contributed by atoms with Gasteiger partial charge in [-0.05, 0) is 54.6 Å². The van der Waals surface area contributed by atoms with Gasteiger partial charge in [-0.3, -0.25) is 19.2 Å². The van der Waals surface area contributed by atoms with Crippen LogP contribution in [0, 0.1) is 11.7 Å². The highest BCUT2D eigenvalue weighted by molar-refractivity contribution is 9.10. The smallest absolute Gasteiger partial charge is 0.305 e. The van der Waals surface area contributed by atoms with Gasteiger partial charge in [0, 0.05) is 26.5 Å². The lowest BCUT2D eigenvalue weighted by Crippen LogP contribution is -2.32. The molecule has 3 unspecified atom stereocenters. The molecule has 0 saturated carbocycles. The summed E-state index contributed by atoms with van der Waals surface area (Å²) in [7, 11) is 0. The van der Waals surface area contributed by atoms with Crippen molar-refractivity contribution >= 4 is 68.1 Å². The number of amides is 3. The first-order valence-corrected chi connectivity index (χ1v) is 14.6. The number of para-hydroxylation sites is 1. The number of H-pyrrole nitrogens is 1. The monoisotopic (exact) mass is 639 g/mol. The number of rotatable bonds is 6. The number of nitrogens with one attached hydrogen (secondary N) is 2. The summed E-state index contributed by atoms with van der Waals surface area (Å²) in [6, 6.07) is 19.2. The lowest BCUT2D eigenvalue weighted by atomic mass is 9.82. The maximum Gasteiger partial charge on any atom is 0.305 e. The van der Waals surface area contributed by atoms with Gasteiger partial charge in [0.05, 0.1) is 16.6 Å². The van der Waals surface area contributed by atoms with Crippen LogP contribution in [-0.4, -0.2) is 34.6 Å². The van der Waals surface area contributed by atoms with Crippen molar-refractivity contribution in [3.8, 4) is 5.75 Å². The number of hydrogen-bond donors (Lipinski definition) is 2. The molecule has 3 atom stereocenters. The Hall–Kier alpha value is -3.74. The number of hydrogen-bond acceptors (Lipinski definition) is 7. The Labute approximate surface area is 243 Å². The number of ether oxygens (including phenoxy) is 1. The molecule has 0 bridgehead atoms. The van der Waals surface area contributed by atoms with Crippen molar-refractivity contribution in [1.29, 1.82) is 0 Å². The van der Waals surface area contributed by atoms with Crippen molar-refractivity contribution in [2.75, 3.05) is 16.8 Å². The van der Waals surface area contributed by atoms with Gasteiger partial charge in [-0.1, -0.05) is 57.2 Å². The Morgan fingerprint density at radius 2 is 1.73 bits per heavy atom. The molecule has 4 aromatic rings. The molecule has 40 heavy (non-hydrogen) atoms. The molecule has 0 spiro atoms. The number of thiazole rings is 1. The van der Waals surface area contributed by atoms with Crippen LogP contribution >= 0.6 is 39.0 Å². The predicted molar refractivity (Wildman–Crippen MR) is 154 cm³/mol. The van der Waals surface area contributed by atoms with Gasteiger partial charge in [0.1, 0.15) is 16.8 Å². The molecule has 1 aromatic heterocycles. The summed E-state index contributed by atoms with van der Waals surface area (Å²) in [6.07, 6.45) is 0. The van der Waals surface area contributed by atoms with Crippen molar-refractivity contribution in [2.45, 2.75) is 16.2 Å². The molecule has 1 saturated heterocycles. The van der Waals surface area contributed by atoms with Crippen LogP contribution in [-0.2, 0) is 14.4 Å². The topological polar surface area (TPSA) is 109 Å². The molecule has 202 valence electrons. The van der Waals surface area contributed by atoms with E-state index in [4.69, 9.17) is 4.74 Å². The fourth-order valence-corrected chi connectivity index (χ4v) is 7.71. The van der Waals surface area contributed by atoms with Gasteiger partial charge in [-0.15, -0.1) is 0 Å². The normalized spacial score (nSPS) is 19.8. The van der Waals surface area contributed by atoms with Crippen LogP contribution in [0.5, 0.6) is 5.75 Å². The highest BCUT2D eigenvalue weighted by atomic mass is 79.9. The second-order valence-electron chi connectivity index (χ2n) is 9.12. The molecular weight excluding hydrogens is 621 g/mol. The molecule has 2 aliphatic heterocycles.